The minimum atomic E-state index is -0.567. The van der Waals surface area contributed by atoms with E-state index >= 15 is 0 Å². The Morgan fingerprint density at radius 3 is 0.820 bits per heavy atom. The van der Waals surface area contributed by atoms with Gasteiger partial charge in [0.2, 0.25) is 0 Å². The molecule has 0 saturated heterocycles. The lowest BCUT2D eigenvalue weighted by atomic mass is 9.85. The first-order valence-electron chi connectivity index (χ1n) is 37.3. The second-order valence-electron chi connectivity index (χ2n) is 26.7. The molecule has 0 radical (unpaired) electrons. The maximum absolute atomic E-state index is 13.9. The Labute approximate surface area is 647 Å². The van der Waals surface area contributed by atoms with Gasteiger partial charge >= 0.3 is 29.8 Å². The Kier molecular flexibility index (Phi) is 26.6. The van der Waals surface area contributed by atoms with Crippen LogP contribution < -0.4 is 28.4 Å². The Morgan fingerprint density at radius 2 is 0.532 bits per heavy atom. The van der Waals surface area contributed by atoms with Crippen LogP contribution in [0.1, 0.15) is 133 Å². The molecule has 0 aliphatic heterocycles. The lowest BCUT2D eigenvalue weighted by molar-refractivity contribution is -0.137. The number of ketones is 1. The second kappa shape index (κ2) is 38.3. The number of ether oxygens (including phenoxy) is 7. The van der Waals surface area contributed by atoms with E-state index < -0.39 is 29.8 Å². The van der Waals surface area contributed by atoms with Crippen molar-refractivity contribution in [2.75, 3.05) is 19.8 Å². The lowest BCUT2D eigenvalue weighted by Gasteiger charge is -2.19. The first-order chi connectivity index (χ1) is 54.2. The number of carbonyl (C=O) groups excluding carboxylic acids is 6. The summed E-state index contributed by atoms with van der Waals surface area (Å²) < 4.78 is 41.1. The third-order valence-electron chi connectivity index (χ3n) is 18.8. The Hall–Kier alpha value is -13.5. The largest absolute Gasteiger partial charge is 0.494 e. The molecule has 13 nitrogen and oxygen atoms in total. The molecular formula is C98H84O13. The van der Waals surface area contributed by atoms with E-state index in [2.05, 4.69) is 20.1 Å². The maximum atomic E-state index is 13.9. The molecule has 0 aliphatic rings. The monoisotopic (exact) mass is 1470 g/mol. The van der Waals surface area contributed by atoms with Gasteiger partial charge in [-0.3, -0.25) is 4.79 Å². The van der Waals surface area contributed by atoms with Crippen molar-refractivity contribution in [3.63, 3.8) is 0 Å². The van der Waals surface area contributed by atoms with E-state index in [0.29, 0.717) is 87.0 Å². The summed E-state index contributed by atoms with van der Waals surface area (Å²) in [6.07, 6.45) is 10.8. The molecule has 0 aliphatic carbocycles. The molecule has 554 valence electrons. The van der Waals surface area contributed by atoms with E-state index in [1.807, 2.05) is 201 Å². The van der Waals surface area contributed by atoms with Crippen LogP contribution in [0.5, 0.6) is 34.5 Å². The molecule has 0 bridgehead atoms. The molecule has 12 rings (SSSR count). The van der Waals surface area contributed by atoms with Crippen LogP contribution in [0, 0.1) is 6.92 Å². The van der Waals surface area contributed by atoms with E-state index in [0.717, 1.165) is 112 Å². The Bertz CT molecular complexity index is 5200. The van der Waals surface area contributed by atoms with Gasteiger partial charge in [0.05, 0.1) is 42.1 Å². The zero-order valence-electron chi connectivity index (χ0n) is 62.1. The summed E-state index contributed by atoms with van der Waals surface area (Å²) in [4.78, 5) is 78.8. The van der Waals surface area contributed by atoms with E-state index in [1.165, 1.54) is 18.9 Å². The van der Waals surface area contributed by atoms with Gasteiger partial charge in [-0.1, -0.05) is 215 Å². The van der Waals surface area contributed by atoms with Gasteiger partial charge in [-0.15, -0.1) is 0 Å². The first-order valence-corrected chi connectivity index (χ1v) is 37.3. The van der Waals surface area contributed by atoms with Gasteiger partial charge in [-0.05, 0) is 250 Å². The fourth-order valence-electron chi connectivity index (χ4n) is 12.5. The number of allylic oxidation sites excluding steroid dienone is 1. The molecule has 0 atom stereocenters. The molecule has 111 heavy (non-hydrogen) atoms. The number of esters is 5. The minimum absolute atomic E-state index is 0.0644. The van der Waals surface area contributed by atoms with Gasteiger partial charge in [0.15, 0.2) is 5.78 Å². The van der Waals surface area contributed by atoms with Crippen molar-refractivity contribution < 1.29 is 61.9 Å². The van der Waals surface area contributed by atoms with Gasteiger partial charge < -0.3 is 33.2 Å². The number of hydrogen-bond donors (Lipinski definition) is 0. The van der Waals surface area contributed by atoms with Crippen molar-refractivity contribution in [2.45, 2.75) is 71.6 Å². The van der Waals surface area contributed by atoms with Crippen LogP contribution in [0.3, 0.4) is 0 Å². The highest BCUT2D eigenvalue weighted by atomic mass is 16.6. The molecule has 13 heteroatoms. The number of carbonyl (C=O) groups is 6. The average molecular weight is 1470 g/mol. The number of unbranched alkanes of at least 4 members (excludes halogenated alkanes) is 6. The summed E-state index contributed by atoms with van der Waals surface area (Å²) >= 11 is 0. The van der Waals surface area contributed by atoms with Crippen LogP contribution >= 0.6 is 0 Å². The summed E-state index contributed by atoms with van der Waals surface area (Å²) in [7, 11) is 0. The zero-order valence-corrected chi connectivity index (χ0v) is 62.1. The maximum Gasteiger partial charge on any atom is 0.343 e. The molecule has 0 saturated carbocycles. The Morgan fingerprint density at radius 1 is 0.279 bits per heavy atom. The van der Waals surface area contributed by atoms with Crippen LogP contribution in [0.2, 0.25) is 0 Å². The molecule has 12 aromatic rings. The van der Waals surface area contributed by atoms with Crippen LogP contribution in [0.4, 0.5) is 0 Å². The summed E-state index contributed by atoms with van der Waals surface area (Å²) in [6, 6.07) is 89.1. The zero-order chi connectivity index (χ0) is 77.3. The smallest absolute Gasteiger partial charge is 0.343 e. The van der Waals surface area contributed by atoms with E-state index in [1.54, 1.807) is 97.1 Å². The Balaban J connectivity index is 0.819. The van der Waals surface area contributed by atoms with Crippen molar-refractivity contribution >= 4 is 46.8 Å². The van der Waals surface area contributed by atoms with Crippen molar-refractivity contribution in [1.82, 2.24) is 0 Å². The molecule has 0 unspecified atom stereocenters. The molecule has 0 spiro atoms. The van der Waals surface area contributed by atoms with Crippen molar-refractivity contribution in [1.29, 1.82) is 0 Å². The van der Waals surface area contributed by atoms with Gasteiger partial charge in [0.1, 0.15) is 34.5 Å². The van der Waals surface area contributed by atoms with Gasteiger partial charge in [-0.25, -0.2) is 24.0 Å². The van der Waals surface area contributed by atoms with Gasteiger partial charge in [-0.2, -0.15) is 0 Å². The van der Waals surface area contributed by atoms with Crippen LogP contribution in [0.15, 0.2) is 316 Å². The highest BCUT2D eigenvalue weighted by Gasteiger charge is 2.21. The fraction of sp³-hybridized carbons (Fsp3) is 0.143. The van der Waals surface area contributed by atoms with Crippen LogP contribution in [0.25, 0.3) is 55.7 Å². The molecule has 12 aromatic carbocycles. The molecule has 0 aromatic heterocycles. The van der Waals surface area contributed by atoms with Gasteiger partial charge in [0, 0.05) is 12.5 Å². The highest BCUT2D eigenvalue weighted by Crippen LogP contribution is 2.40. The minimum Gasteiger partial charge on any atom is -0.494 e. The van der Waals surface area contributed by atoms with Crippen molar-refractivity contribution in [2.24, 2.45) is 0 Å². The SMILES string of the molecule is C=CC(=O)Cc1ccc(-c2ccc(C(=O)Oc3ccc(/C(=C(\c4ccc(OC(=O)c5ccc(-c6ccc(C)cc6)cc5)cc4)c4ccc(OC(=O)c5ccc(-c6ccc(OCCCCCCOC(=O)C=C)cc6)cc5)cc4)c4ccc(OC(=O)c5ccc(-c6ccc(OCCCCCC)cc6)cc5)cc4)cc3)cc2)cc1. The summed E-state index contributed by atoms with van der Waals surface area (Å²) in [5, 5.41) is 0. The third-order valence-corrected chi connectivity index (χ3v) is 18.8. The number of aryl methyl sites for hydroxylation is 1. The topological polar surface area (TPSA) is 167 Å². The molecule has 0 amide bonds. The van der Waals surface area contributed by atoms with Crippen LogP contribution in [-0.2, 0) is 20.7 Å². The van der Waals surface area contributed by atoms with E-state index in [9.17, 15) is 28.8 Å². The van der Waals surface area contributed by atoms with Gasteiger partial charge in [0.25, 0.3) is 0 Å². The fourth-order valence-corrected chi connectivity index (χ4v) is 12.5. The molecule has 0 heterocycles. The standard InChI is InChI=1S/C98H84O13/c1-5-8-9-12-63-105-86-51-39-75(40-52-86)73-27-35-83(36-28-73)97(103)110-90-61-49-80(50-62-90)94(78-45-57-89(58-46-78)109-96(102)82-33-25-72(26-34-82)70-21-17-68(18-22-70)66-85(99)6-2)93(77-43-55-88(56-44-77)108-95(101)81-31-23-71(24-32-81)69-19-15-67(4)16-20-69)79-47-59-91(60-48-79)111-98(104)84-37-29-74(30-38-84)76-41-53-87(54-42-76)106-64-13-10-11-14-65-107-92(100)7-3/h6-7,15-62H,2-3,5,8-14,63-66H2,1,4H3/b94-93-. The molecular weight excluding hydrogens is 1390 g/mol. The van der Waals surface area contributed by atoms with E-state index in [-0.39, 0.29) is 23.7 Å². The van der Waals surface area contributed by atoms with Crippen molar-refractivity contribution in [3.05, 3.63) is 372 Å². The summed E-state index contributed by atoms with van der Waals surface area (Å²) in [6.45, 7) is 12.8. The average Bonchev–Trinajstić information content (AvgIpc) is 0.779. The quantitative estimate of drug-likeness (QED) is 0.0123. The number of rotatable bonds is 34. The third kappa shape index (κ3) is 21.4. The number of benzene rings is 12. The second-order valence-corrected chi connectivity index (χ2v) is 26.7. The summed E-state index contributed by atoms with van der Waals surface area (Å²) in [5.41, 5.74) is 15.2. The number of hydrogen-bond acceptors (Lipinski definition) is 13. The van der Waals surface area contributed by atoms with Crippen LogP contribution in [-0.4, -0.2) is 55.5 Å². The van der Waals surface area contributed by atoms with E-state index in [4.69, 9.17) is 33.2 Å². The predicted molar refractivity (Wildman–Crippen MR) is 437 cm³/mol. The summed E-state index contributed by atoms with van der Waals surface area (Å²) in [5.74, 6) is 0.0418. The molecule has 0 N–H and O–H groups in total. The first kappa shape index (κ1) is 77.1. The predicted octanol–water partition coefficient (Wildman–Crippen LogP) is 22.5. The molecule has 0 fully saturated rings. The highest BCUT2D eigenvalue weighted by molar-refractivity contribution is 6.05. The normalized spacial score (nSPS) is 11.1. The van der Waals surface area contributed by atoms with Crippen molar-refractivity contribution in [3.8, 4) is 79.0 Å². The lowest BCUT2D eigenvalue weighted by Crippen LogP contribution is -2.09.